The highest BCUT2D eigenvalue weighted by molar-refractivity contribution is 9.10. The van der Waals surface area contributed by atoms with Crippen molar-refractivity contribution in [2.24, 2.45) is 0 Å². The van der Waals surface area contributed by atoms with Crippen LogP contribution in [0, 0.1) is 6.92 Å². The summed E-state index contributed by atoms with van der Waals surface area (Å²) in [5, 5.41) is 0. The summed E-state index contributed by atoms with van der Waals surface area (Å²) in [5.41, 5.74) is 2.19. The van der Waals surface area contributed by atoms with Gasteiger partial charge < -0.3 is 4.74 Å². The third kappa shape index (κ3) is 3.17. The smallest absolute Gasteiger partial charge is 0.310 e. The summed E-state index contributed by atoms with van der Waals surface area (Å²) in [6.07, 6.45) is 0.884. The van der Waals surface area contributed by atoms with Crippen LogP contribution in [-0.2, 0) is 16.0 Å². The van der Waals surface area contributed by atoms with E-state index in [2.05, 4.69) is 15.9 Å². The van der Waals surface area contributed by atoms with Gasteiger partial charge in [-0.05, 0) is 37.1 Å². The predicted octanol–water partition coefficient (Wildman–Crippen LogP) is 2.68. The number of aldehydes is 1. The average molecular weight is 285 g/mol. The summed E-state index contributed by atoms with van der Waals surface area (Å²) < 4.78 is 5.73. The van der Waals surface area contributed by atoms with Crippen molar-refractivity contribution in [1.82, 2.24) is 0 Å². The summed E-state index contributed by atoms with van der Waals surface area (Å²) in [6, 6.07) is 3.54. The van der Waals surface area contributed by atoms with Crippen molar-refractivity contribution in [3.05, 3.63) is 33.3 Å². The number of halogens is 1. The summed E-state index contributed by atoms with van der Waals surface area (Å²) in [5.74, 6) is -0.318. The number of hydrogen-bond donors (Lipinski definition) is 0. The molecule has 1 aromatic carbocycles. The van der Waals surface area contributed by atoms with Crippen LogP contribution < -0.4 is 0 Å². The van der Waals surface area contributed by atoms with Crippen LogP contribution in [0.3, 0.4) is 0 Å². The third-order valence-electron chi connectivity index (χ3n) is 2.19. The van der Waals surface area contributed by atoms with E-state index in [0.29, 0.717) is 17.7 Å². The Labute approximate surface area is 103 Å². The van der Waals surface area contributed by atoms with Gasteiger partial charge in [-0.25, -0.2) is 0 Å². The van der Waals surface area contributed by atoms with Crippen molar-refractivity contribution in [3.8, 4) is 0 Å². The zero-order valence-corrected chi connectivity index (χ0v) is 10.8. The highest BCUT2D eigenvalue weighted by Gasteiger charge is 2.10. The first kappa shape index (κ1) is 12.9. The Morgan fingerprint density at radius 1 is 1.50 bits per heavy atom. The second kappa shape index (κ2) is 5.80. The van der Waals surface area contributed by atoms with Crippen LogP contribution in [0.5, 0.6) is 0 Å². The number of carbonyl (C=O) groups is 2. The lowest BCUT2D eigenvalue weighted by atomic mass is 10.0. The number of aryl methyl sites for hydroxylation is 1. The minimum atomic E-state index is -0.318. The van der Waals surface area contributed by atoms with Crippen LogP contribution in [0.2, 0.25) is 0 Å². The van der Waals surface area contributed by atoms with Crippen molar-refractivity contribution in [2.45, 2.75) is 20.3 Å². The largest absolute Gasteiger partial charge is 0.466 e. The van der Waals surface area contributed by atoms with Crippen molar-refractivity contribution in [1.29, 1.82) is 0 Å². The van der Waals surface area contributed by atoms with Crippen LogP contribution in [0.1, 0.15) is 28.4 Å². The molecule has 0 amide bonds. The molecule has 0 bridgehead atoms. The number of carbonyl (C=O) groups excluding carboxylic acids is 2. The van der Waals surface area contributed by atoms with Crippen molar-refractivity contribution in [2.75, 3.05) is 6.61 Å². The fraction of sp³-hybridized carbons (Fsp3) is 0.333. The SMILES string of the molecule is CCOC(=O)Cc1cc(Br)c(C)cc1C=O. The molecule has 0 fully saturated rings. The highest BCUT2D eigenvalue weighted by atomic mass is 79.9. The first-order valence-corrected chi connectivity index (χ1v) is 5.77. The van der Waals surface area contributed by atoms with Gasteiger partial charge in [-0.15, -0.1) is 0 Å². The maximum absolute atomic E-state index is 11.3. The van der Waals surface area contributed by atoms with E-state index < -0.39 is 0 Å². The Bertz CT molecular complexity index is 413. The van der Waals surface area contributed by atoms with E-state index in [1.807, 2.05) is 6.92 Å². The molecule has 0 aliphatic rings. The normalized spacial score (nSPS) is 9.94. The van der Waals surface area contributed by atoms with Crippen LogP contribution in [0.25, 0.3) is 0 Å². The van der Waals surface area contributed by atoms with Gasteiger partial charge in [0.1, 0.15) is 6.29 Å². The van der Waals surface area contributed by atoms with Gasteiger partial charge in [-0.1, -0.05) is 15.9 Å². The average Bonchev–Trinajstić information content (AvgIpc) is 2.23. The minimum absolute atomic E-state index is 0.126. The van der Waals surface area contributed by atoms with Crippen molar-refractivity contribution in [3.63, 3.8) is 0 Å². The Morgan fingerprint density at radius 2 is 2.19 bits per heavy atom. The first-order chi connectivity index (χ1) is 7.58. The molecule has 0 saturated heterocycles. The molecule has 0 aliphatic heterocycles. The molecule has 4 heteroatoms. The van der Waals surface area contributed by atoms with Crippen molar-refractivity contribution < 1.29 is 14.3 Å². The summed E-state index contributed by atoms with van der Waals surface area (Å²) in [4.78, 5) is 22.2. The lowest BCUT2D eigenvalue weighted by Gasteiger charge is -2.07. The van der Waals surface area contributed by atoms with Gasteiger partial charge in [-0.3, -0.25) is 9.59 Å². The third-order valence-corrected chi connectivity index (χ3v) is 3.04. The standard InChI is InChI=1S/C12H13BrO3/c1-3-16-12(15)6-9-5-11(13)8(2)4-10(9)7-14/h4-5,7H,3,6H2,1-2H3. The molecule has 0 aliphatic carbocycles. The van der Waals surface area contributed by atoms with Crippen molar-refractivity contribution >= 4 is 28.2 Å². The van der Waals surface area contributed by atoms with E-state index in [1.165, 1.54) is 0 Å². The fourth-order valence-electron chi connectivity index (χ4n) is 1.38. The zero-order valence-electron chi connectivity index (χ0n) is 9.25. The second-order valence-corrected chi connectivity index (χ2v) is 4.25. The van der Waals surface area contributed by atoms with Gasteiger partial charge in [0.25, 0.3) is 0 Å². The Balaban J connectivity index is 2.98. The zero-order chi connectivity index (χ0) is 12.1. The second-order valence-electron chi connectivity index (χ2n) is 3.40. The quantitative estimate of drug-likeness (QED) is 0.631. The monoisotopic (exact) mass is 284 g/mol. The lowest BCUT2D eigenvalue weighted by Crippen LogP contribution is -2.09. The molecule has 0 N–H and O–H groups in total. The summed E-state index contributed by atoms with van der Waals surface area (Å²) >= 11 is 3.37. The van der Waals surface area contributed by atoms with Crippen LogP contribution in [-0.4, -0.2) is 18.9 Å². The molecule has 0 aromatic heterocycles. The molecule has 0 radical (unpaired) electrons. The van der Waals surface area contributed by atoms with E-state index in [0.717, 1.165) is 16.3 Å². The number of hydrogen-bond acceptors (Lipinski definition) is 3. The Morgan fingerprint density at radius 3 is 2.75 bits per heavy atom. The van der Waals surface area contributed by atoms with Gasteiger partial charge in [0.05, 0.1) is 13.0 Å². The topological polar surface area (TPSA) is 43.4 Å². The summed E-state index contributed by atoms with van der Waals surface area (Å²) in [6.45, 7) is 4.00. The van der Waals surface area contributed by atoms with E-state index >= 15 is 0 Å². The van der Waals surface area contributed by atoms with E-state index in [9.17, 15) is 9.59 Å². The van der Waals surface area contributed by atoms with Gasteiger partial charge in [0.2, 0.25) is 0 Å². The number of rotatable bonds is 4. The van der Waals surface area contributed by atoms with Crippen LogP contribution in [0.4, 0.5) is 0 Å². The fourth-order valence-corrected chi connectivity index (χ4v) is 1.77. The molecule has 1 rings (SSSR count). The molecule has 0 saturated carbocycles. The first-order valence-electron chi connectivity index (χ1n) is 4.98. The highest BCUT2D eigenvalue weighted by Crippen LogP contribution is 2.21. The molecule has 0 atom stereocenters. The van der Waals surface area contributed by atoms with Crippen LogP contribution in [0.15, 0.2) is 16.6 Å². The maximum Gasteiger partial charge on any atom is 0.310 e. The van der Waals surface area contributed by atoms with E-state index in [4.69, 9.17) is 4.74 Å². The summed E-state index contributed by atoms with van der Waals surface area (Å²) in [7, 11) is 0. The molecule has 3 nitrogen and oxygen atoms in total. The van der Waals surface area contributed by atoms with E-state index in [-0.39, 0.29) is 12.4 Å². The van der Waals surface area contributed by atoms with Gasteiger partial charge in [0.15, 0.2) is 0 Å². The number of benzene rings is 1. The molecular formula is C12H13BrO3. The molecule has 0 heterocycles. The molecular weight excluding hydrogens is 272 g/mol. The lowest BCUT2D eigenvalue weighted by molar-refractivity contribution is -0.142. The number of esters is 1. The van der Waals surface area contributed by atoms with Gasteiger partial charge in [0, 0.05) is 10.0 Å². The predicted molar refractivity (Wildman–Crippen MR) is 64.6 cm³/mol. The minimum Gasteiger partial charge on any atom is -0.466 e. The van der Waals surface area contributed by atoms with Gasteiger partial charge in [-0.2, -0.15) is 0 Å². The molecule has 16 heavy (non-hydrogen) atoms. The molecule has 0 unspecified atom stereocenters. The molecule has 1 aromatic rings. The maximum atomic E-state index is 11.3. The Kier molecular flexibility index (Phi) is 4.68. The van der Waals surface area contributed by atoms with E-state index in [1.54, 1.807) is 19.1 Å². The number of ether oxygens (including phenoxy) is 1. The van der Waals surface area contributed by atoms with Crippen LogP contribution >= 0.6 is 15.9 Å². The Hall–Kier alpha value is -1.16. The van der Waals surface area contributed by atoms with Gasteiger partial charge >= 0.3 is 5.97 Å². The molecule has 86 valence electrons. The molecule has 0 spiro atoms.